The summed E-state index contributed by atoms with van der Waals surface area (Å²) in [7, 11) is 0. The Hall–Kier alpha value is -1.62. The predicted octanol–water partition coefficient (Wildman–Crippen LogP) is 1.89. The maximum absolute atomic E-state index is 12.9. The minimum atomic E-state index is -0.775. The van der Waals surface area contributed by atoms with E-state index >= 15 is 0 Å². The van der Waals surface area contributed by atoms with Crippen molar-refractivity contribution in [1.82, 2.24) is 0 Å². The van der Waals surface area contributed by atoms with Crippen molar-refractivity contribution < 1.29 is 19.0 Å². The highest BCUT2D eigenvalue weighted by molar-refractivity contribution is 5.91. The number of phenols is 1. The van der Waals surface area contributed by atoms with Crippen LogP contribution in [0, 0.1) is 5.82 Å². The second kappa shape index (κ2) is 5.46. The molecule has 0 bridgehead atoms. The van der Waals surface area contributed by atoms with Crippen molar-refractivity contribution in [3.63, 3.8) is 0 Å². The molecule has 0 saturated heterocycles. The lowest BCUT2D eigenvalue weighted by atomic mass is 10.3. The third kappa shape index (κ3) is 3.86. The highest BCUT2D eigenvalue weighted by atomic mass is 19.1. The van der Waals surface area contributed by atoms with Gasteiger partial charge in [0.25, 0.3) is 0 Å². The van der Waals surface area contributed by atoms with Gasteiger partial charge in [0, 0.05) is 11.8 Å². The SMILES string of the molecule is CC(C)OCC(=O)Nc1ccc(O)c(F)c1. The van der Waals surface area contributed by atoms with Crippen LogP contribution in [-0.4, -0.2) is 23.7 Å². The van der Waals surface area contributed by atoms with Crippen LogP contribution < -0.4 is 5.32 Å². The van der Waals surface area contributed by atoms with Gasteiger partial charge in [-0.1, -0.05) is 0 Å². The maximum Gasteiger partial charge on any atom is 0.250 e. The molecule has 16 heavy (non-hydrogen) atoms. The van der Waals surface area contributed by atoms with Crippen LogP contribution in [0.3, 0.4) is 0 Å². The first kappa shape index (κ1) is 12.4. The number of halogens is 1. The molecular weight excluding hydrogens is 213 g/mol. The third-order valence-electron chi connectivity index (χ3n) is 1.78. The Morgan fingerprint density at radius 1 is 1.56 bits per heavy atom. The highest BCUT2D eigenvalue weighted by Crippen LogP contribution is 2.19. The van der Waals surface area contributed by atoms with Crippen molar-refractivity contribution in [2.45, 2.75) is 20.0 Å². The Bertz CT molecular complexity index is 379. The molecule has 0 aliphatic carbocycles. The van der Waals surface area contributed by atoms with Crippen molar-refractivity contribution in [2.75, 3.05) is 11.9 Å². The predicted molar refractivity (Wildman–Crippen MR) is 57.8 cm³/mol. The fourth-order valence-electron chi connectivity index (χ4n) is 1.02. The van der Waals surface area contributed by atoms with Gasteiger partial charge >= 0.3 is 0 Å². The van der Waals surface area contributed by atoms with E-state index in [0.717, 1.165) is 6.07 Å². The summed E-state index contributed by atoms with van der Waals surface area (Å²) >= 11 is 0. The molecule has 1 aromatic rings. The van der Waals surface area contributed by atoms with E-state index < -0.39 is 11.6 Å². The number of carbonyl (C=O) groups excluding carboxylic acids is 1. The van der Waals surface area contributed by atoms with Crippen LogP contribution in [0.25, 0.3) is 0 Å². The van der Waals surface area contributed by atoms with Crippen molar-refractivity contribution in [3.05, 3.63) is 24.0 Å². The summed E-state index contributed by atoms with van der Waals surface area (Å²) in [6.07, 6.45) is -0.0395. The van der Waals surface area contributed by atoms with Gasteiger partial charge in [-0.25, -0.2) is 4.39 Å². The molecule has 0 aromatic heterocycles. The number of ether oxygens (including phenoxy) is 1. The lowest BCUT2D eigenvalue weighted by Crippen LogP contribution is -2.20. The molecule has 0 fully saturated rings. The molecule has 0 aliphatic heterocycles. The van der Waals surface area contributed by atoms with E-state index in [2.05, 4.69) is 5.32 Å². The first-order valence-corrected chi connectivity index (χ1v) is 4.89. The van der Waals surface area contributed by atoms with Crippen LogP contribution in [0.2, 0.25) is 0 Å². The molecular formula is C11H14FNO3. The minimum Gasteiger partial charge on any atom is -0.505 e. The zero-order valence-corrected chi connectivity index (χ0v) is 9.16. The number of nitrogens with one attached hydrogen (secondary N) is 1. The number of aromatic hydroxyl groups is 1. The molecule has 1 aromatic carbocycles. The fraction of sp³-hybridized carbons (Fsp3) is 0.364. The average Bonchev–Trinajstić information content (AvgIpc) is 2.21. The number of hydrogen-bond acceptors (Lipinski definition) is 3. The molecule has 0 radical (unpaired) electrons. The van der Waals surface area contributed by atoms with Gasteiger partial charge in [-0.05, 0) is 26.0 Å². The Morgan fingerprint density at radius 2 is 2.25 bits per heavy atom. The van der Waals surface area contributed by atoms with Crippen LogP contribution >= 0.6 is 0 Å². The smallest absolute Gasteiger partial charge is 0.250 e. The molecule has 0 aliphatic rings. The van der Waals surface area contributed by atoms with Crippen LogP contribution in [0.1, 0.15) is 13.8 Å². The molecule has 4 nitrogen and oxygen atoms in total. The van der Waals surface area contributed by atoms with E-state index in [9.17, 15) is 9.18 Å². The van der Waals surface area contributed by atoms with E-state index in [0.29, 0.717) is 0 Å². The number of anilines is 1. The molecule has 88 valence electrons. The van der Waals surface area contributed by atoms with Crippen molar-refractivity contribution in [2.24, 2.45) is 0 Å². The summed E-state index contributed by atoms with van der Waals surface area (Å²) in [4.78, 5) is 11.3. The van der Waals surface area contributed by atoms with Crippen LogP contribution in [0.15, 0.2) is 18.2 Å². The zero-order chi connectivity index (χ0) is 12.1. The lowest BCUT2D eigenvalue weighted by Gasteiger charge is -2.08. The molecule has 0 unspecified atom stereocenters. The van der Waals surface area contributed by atoms with E-state index in [-0.39, 0.29) is 24.3 Å². The second-order valence-corrected chi connectivity index (χ2v) is 3.57. The van der Waals surface area contributed by atoms with Crippen LogP contribution in [0.5, 0.6) is 5.75 Å². The first-order chi connectivity index (χ1) is 7.49. The summed E-state index contributed by atoms with van der Waals surface area (Å²) in [5, 5.41) is 11.4. The summed E-state index contributed by atoms with van der Waals surface area (Å²) in [6.45, 7) is 3.54. The molecule has 0 spiro atoms. The normalized spacial score (nSPS) is 10.5. The van der Waals surface area contributed by atoms with E-state index in [4.69, 9.17) is 9.84 Å². The zero-order valence-electron chi connectivity index (χ0n) is 9.16. The van der Waals surface area contributed by atoms with Gasteiger partial charge in [-0.2, -0.15) is 0 Å². The molecule has 0 atom stereocenters. The Balaban J connectivity index is 2.53. The summed E-state index contributed by atoms with van der Waals surface area (Å²) in [5.41, 5.74) is 0.285. The second-order valence-electron chi connectivity index (χ2n) is 3.57. The standard InChI is InChI=1S/C11H14FNO3/c1-7(2)16-6-11(15)13-8-3-4-10(14)9(12)5-8/h3-5,7,14H,6H2,1-2H3,(H,13,15). The lowest BCUT2D eigenvalue weighted by molar-refractivity contribution is -0.121. The van der Waals surface area contributed by atoms with Gasteiger partial charge in [0.05, 0.1) is 6.10 Å². The molecule has 1 amide bonds. The topological polar surface area (TPSA) is 58.6 Å². The number of phenolic OH excluding ortho intramolecular Hbond substituents is 1. The van der Waals surface area contributed by atoms with Gasteiger partial charge < -0.3 is 15.2 Å². The van der Waals surface area contributed by atoms with Gasteiger partial charge in [0.2, 0.25) is 5.91 Å². The van der Waals surface area contributed by atoms with E-state index in [1.165, 1.54) is 12.1 Å². The van der Waals surface area contributed by atoms with E-state index in [1.807, 2.05) is 13.8 Å². The Kier molecular flexibility index (Phi) is 4.25. The van der Waals surface area contributed by atoms with Crippen molar-refractivity contribution in [1.29, 1.82) is 0 Å². The molecule has 2 N–H and O–H groups in total. The van der Waals surface area contributed by atoms with Crippen LogP contribution in [0.4, 0.5) is 10.1 Å². The number of rotatable bonds is 4. The average molecular weight is 227 g/mol. The number of amides is 1. The Labute approximate surface area is 93.0 Å². The Morgan fingerprint density at radius 3 is 2.81 bits per heavy atom. The third-order valence-corrected chi connectivity index (χ3v) is 1.78. The number of benzene rings is 1. The van der Waals surface area contributed by atoms with Crippen molar-refractivity contribution >= 4 is 11.6 Å². The number of hydrogen-bond donors (Lipinski definition) is 2. The summed E-state index contributed by atoms with van der Waals surface area (Å²) in [6, 6.07) is 3.63. The van der Waals surface area contributed by atoms with Gasteiger partial charge in [-0.3, -0.25) is 4.79 Å². The number of carbonyl (C=O) groups is 1. The first-order valence-electron chi connectivity index (χ1n) is 4.89. The molecule has 5 heteroatoms. The molecule has 0 heterocycles. The molecule has 1 rings (SSSR count). The fourth-order valence-corrected chi connectivity index (χ4v) is 1.02. The quantitative estimate of drug-likeness (QED) is 0.772. The molecule has 0 saturated carbocycles. The summed E-state index contributed by atoms with van der Waals surface area (Å²) in [5.74, 6) is -1.59. The largest absolute Gasteiger partial charge is 0.505 e. The van der Waals surface area contributed by atoms with Crippen molar-refractivity contribution in [3.8, 4) is 5.75 Å². The maximum atomic E-state index is 12.9. The summed E-state index contributed by atoms with van der Waals surface area (Å²) < 4.78 is 18.0. The monoisotopic (exact) mass is 227 g/mol. The van der Waals surface area contributed by atoms with Gasteiger partial charge in [-0.15, -0.1) is 0 Å². The van der Waals surface area contributed by atoms with E-state index in [1.54, 1.807) is 0 Å². The minimum absolute atomic E-state index is 0.0395. The van der Waals surface area contributed by atoms with Gasteiger partial charge in [0.1, 0.15) is 6.61 Å². The van der Waals surface area contributed by atoms with Crippen LogP contribution in [-0.2, 0) is 9.53 Å². The van der Waals surface area contributed by atoms with Gasteiger partial charge in [0.15, 0.2) is 11.6 Å². The highest BCUT2D eigenvalue weighted by Gasteiger charge is 2.06.